The first-order valence-corrected chi connectivity index (χ1v) is 8.49. The molecule has 4 heteroatoms. The molecule has 0 aliphatic carbocycles. The van der Waals surface area contributed by atoms with Crippen LogP contribution in [0, 0.1) is 11.3 Å². The number of hydrogen-bond donors (Lipinski definition) is 0. The molecular formula is C21H20N4. The summed E-state index contributed by atoms with van der Waals surface area (Å²) in [6.45, 7) is 1.83. The fraction of sp³-hybridized carbons (Fsp3) is 0.238. The topological polar surface area (TPSA) is 43.2 Å². The fourth-order valence-electron chi connectivity index (χ4n) is 3.57. The molecule has 25 heavy (non-hydrogen) atoms. The maximum atomic E-state index is 9.26. The number of anilines is 2. The Labute approximate surface area is 147 Å². The lowest BCUT2D eigenvalue weighted by Crippen LogP contribution is -2.31. The van der Waals surface area contributed by atoms with Gasteiger partial charge in [-0.2, -0.15) is 5.26 Å². The third kappa shape index (κ3) is 2.68. The van der Waals surface area contributed by atoms with Gasteiger partial charge in [-0.25, -0.2) is 4.98 Å². The first-order chi connectivity index (χ1) is 12.2. The second-order valence-corrected chi connectivity index (χ2v) is 6.67. The van der Waals surface area contributed by atoms with Crippen molar-refractivity contribution in [2.24, 2.45) is 0 Å². The summed E-state index contributed by atoms with van der Waals surface area (Å²) in [5.41, 5.74) is 4.51. The minimum Gasteiger partial charge on any atom is -0.376 e. The summed E-state index contributed by atoms with van der Waals surface area (Å²) in [7, 11) is 4.01. The molecule has 2 heterocycles. The average Bonchev–Trinajstić information content (AvgIpc) is 2.66. The lowest BCUT2D eigenvalue weighted by atomic mass is 9.99. The maximum absolute atomic E-state index is 9.26. The van der Waals surface area contributed by atoms with Crippen molar-refractivity contribution in [3.05, 3.63) is 65.4 Å². The van der Waals surface area contributed by atoms with Gasteiger partial charge in [-0.3, -0.25) is 0 Å². The number of nitriles is 1. The van der Waals surface area contributed by atoms with Crippen molar-refractivity contribution in [1.29, 1.82) is 5.26 Å². The Kier molecular flexibility index (Phi) is 3.77. The van der Waals surface area contributed by atoms with Crippen molar-refractivity contribution in [2.45, 2.75) is 13.0 Å². The monoisotopic (exact) mass is 328 g/mol. The van der Waals surface area contributed by atoms with E-state index in [1.54, 1.807) is 0 Å². The van der Waals surface area contributed by atoms with Gasteiger partial charge in [0.1, 0.15) is 5.82 Å². The Morgan fingerprint density at radius 1 is 1.08 bits per heavy atom. The van der Waals surface area contributed by atoms with E-state index in [1.165, 1.54) is 11.1 Å². The van der Waals surface area contributed by atoms with Gasteiger partial charge >= 0.3 is 0 Å². The lowest BCUT2D eigenvalue weighted by Gasteiger charge is -2.31. The molecule has 0 saturated carbocycles. The third-order valence-corrected chi connectivity index (χ3v) is 4.89. The summed E-state index contributed by atoms with van der Waals surface area (Å²) in [6, 6.07) is 16.7. The number of pyridine rings is 1. The number of benzene rings is 2. The molecule has 0 bridgehead atoms. The van der Waals surface area contributed by atoms with Crippen LogP contribution in [0.2, 0.25) is 0 Å². The molecule has 0 amide bonds. The molecule has 0 radical (unpaired) electrons. The normalized spacial score (nSPS) is 13.4. The van der Waals surface area contributed by atoms with Crippen LogP contribution in [0.25, 0.3) is 10.8 Å². The first-order valence-electron chi connectivity index (χ1n) is 8.49. The smallest absolute Gasteiger partial charge is 0.136 e. The first kappa shape index (κ1) is 15.5. The zero-order valence-electron chi connectivity index (χ0n) is 14.5. The fourth-order valence-corrected chi connectivity index (χ4v) is 3.57. The number of fused-ring (bicyclic) bond motifs is 2. The summed E-state index contributed by atoms with van der Waals surface area (Å²) < 4.78 is 0. The molecular weight excluding hydrogens is 308 g/mol. The standard InChI is InChI=1S/C21H20N4/c1-24(2)20-13-23-21(18-8-7-15(12-22)11-19(18)20)25-10-9-16-5-3-4-6-17(16)14-25/h3-8,11,13H,9-10,14H2,1-2H3. The van der Waals surface area contributed by atoms with Crippen molar-refractivity contribution in [1.82, 2.24) is 4.98 Å². The van der Waals surface area contributed by atoms with Crippen molar-refractivity contribution in [3.63, 3.8) is 0 Å². The Morgan fingerprint density at radius 2 is 1.88 bits per heavy atom. The van der Waals surface area contributed by atoms with Gasteiger partial charge < -0.3 is 9.80 Å². The van der Waals surface area contributed by atoms with E-state index in [0.29, 0.717) is 5.56 Å². The van der Waals surface area contributed by atoms with E-state index in [0.717, 1.165) is 41.8 Å². The van der Waals surface area contributed by atoms with E-state index in [4.69, 9.17) is 4.98 Å². The Morgan fingerprint density at radius 3 is 2.64 bits per heavy atom. The molecule has 0 fully saturated rings. The average molecular weight is 328 g/mol. The summed E-state index contributed by atoms with van der Waals surface area (Å²) in [5.74, 6) is 1.000. The van der Waals surface area contributed by atoms with Gasteiger partial charge in [0.2, 0.25) is 0 Å². The van der Waals surface area contributed by atoms with Gasteiger partial charge in [0.15, 0.2) is 0 Å². The second-order valence-electron chi connectivity index (χ2n) is 6.67. The van der Waals surface area contributed by atoms with Gasteiger partial charge in [0, 0.05) is 38.0 Å². The van der Waals surface area contributed by atoms with Gasteiger partial charge in [-0.05, 0) is 35.7 Å². The van der Waals surface area contributed by atoms with Crippen LogP contribution in [0.4, 0.5) is 11.5 Å². The van der Waals surface area contributed by atoms with Crippen LogP contribution in [0.15, 0.2) is 48.7 Å². The number of hydrogen-bond acceptors (Lipinski definition) is 4. The summed E-state index contributed by atoms with van der Waals surface area (Å²) in [4.78, 5) is 9.17. The van der Waals surface area contributed by atoms with Crippen LogP contribution in [-0.2, 0) is 13.0 Å². The Balaban J connectivity index is 1.84. The van der Waals surface area contributed by atoms with Crippen LogP contribution in [0.3, 0.4) is 0 Å². The zero-order chi connectivity index (χ0) is 17.4. The van der Waals surface area contributed by atoms with Crippen molar-refractivity contribution < 1.29 is 0 Å². The highest BCUT2D eigenvalue weighted by Crippen LogP contribution is 2.34. The van der Waals surface area contributed by atoms with Crippen LogP contribution in [-0.4, -0.2) is 25.6 Å². The summed E-state index contributed by atoms with van der Waals surface area (Å²) in [6.07, 6.45) is 2.95. The van der Waals surface area contributed by atoms with E-state index < -0.39 is 0 Å². The highest BCUT2D eigenvalue weighted by Gasteiger charge is 2.20. The highest BCUT2D eigenvalue weighted by atomic mass is 15.2. The maximum Gasteiger partial charge on any atom is 0.136 e. The molecule has 4 rings (SSSR count). The van der Waals surface area contributed by atoms with E-state index in [1.807, 2.05) is 43.4 Å². The minimum absolute atomic E-state index is 0.678. The molecule has 1 aliphatic rings. The second kappa shape index (κ2) is 6.10. The van der Waals surface area contributed by atoms with Crippen LogP contribution >= 0.6 is 0 Å². The molecule has 2 aromatic carbocycles. The largest absolute Gasteiger partial charge is 0.376 e. The van der Waals surface area contributed by atoms with Crippen LogP contribution in [0.5, 0.6) is 0 Å². The summed E-state index contributed by atoms with van der Waals surface area (Å²) in [5, 5.41) is 11.4. The van der Waals surface area contributed by atoms with Gasteiger partial charge in [0.05, 0.1) is 23.5 Å². The van der Waals surface area contributed by atoms with Crippen molar-refractivity contribution in [3.8, 4) is 6.07 Å². The SMILES string of the molecule is CN(C)c1cnc(N2CCc3ccccc3C2)c2ccc(C#N)cc12. The molecule has 1 aliphatic heterocycles. The van der Waals surface area contributed by atoms with Gasteiger partial charge in [-0.15, -0.1) is 0 Å². The highest BCUT2D eigenvalue weighted by molar-refractivity contribution is 6.01. The molecule has 0 unspecified atom stereocenters. The van der Waals surface area contributed by atoms with Gasteiger partial charge in [0.25, 0.3) is 0 Å². The number of aromatic nitrogens is 1. The van der Waals surface area contributed by atoms with Crippen LogP contribution in [0.1, 0.15) is 16.7 Å². The molecule has 0 atom stereocenters. The van der Waals surface area contributed by atoms with Gasteiger partial charge in [-0.1, -0.05) is 24.3 Å². The molecule has 0 saturated heterocycles. The number of rotatable bonds is 2. The van der Waals surface area contributed by atoms with Crippen molar-refractivity contribution >= 4 is 22.3 Å². The van der Waals surface area contributed by atoms with E-state index in [9.17, 15) is 5.26 Å². The lowest BCUT2D eigenvalue weighted by molar-refractivity contribution is 0.724. The Bertz CT molecular complexity index is 985. The summed E-state index contributed by atoms with van der Waals surface area (Å²) >= 11 is 0. The molecule has 3 aromatic rings. The third-order valence-electron chi connectivity index (χ3n) is 4.89. The predicted octanol–water partition coefficient (Wildman–Crippen LogP) is 3.74. The van der Waals surface area contributed by atoms with E-state index in [2.05, 4.69) is 35.2 Å². The van der Waals surface area contributed by atoms with E-state index >= 15 is 0 Å². The predicted molar refractivity (Wildman–Crippen MR) is 102 cm³/mol. The van der Waals surface area contributed by atoms with Crippen molar-refractivity contribution in [2.75, 3.05) is 30.4 Å². The quantitative estimate of drug-likeness (QED) is 0.719. The molecule has 0 spiro atoms. The molecule has 124 valence electrons. The minimum atomic E-state index is 0.678. The number of nitrogens with zero attached hydrogens (tertiary/aromatic N) is 4. The molecule has 4 nitrogen and oxygen atoms in total. The van der Waals surface area contributed by atoms with Crippen LogP contribution < -0.4 is 9.80 Å². The Hall–Kier alpha value is -3.06. The zero-order valence-corrected chi connectivity index (χ0v) is 14.5. The molecule has 0 N–H and O–H groups in total. The van der Waals surface area contributed by atoms with E-state index in [-0.39, 0.29) is 0 Å². The molecule has 1 aromatic heterocycles.